The Morgan fingerprint density at radius 1 is 0.943 bits per heavy atom. The van der Waals surface area contributed by atoms with Gasteiger partial charge < -0.3 is 9.84 Å². The van der Waals surface area contributed by atoms with Crippen LogP contribution in [-0.4, -0.2) is 35.1 Å². The third-order valence-corrected chi connectivity index (χ3v) is 7.50. The number of para-hydroxylation sites is 3. The Kier molecular flexibility index (Phi) is 6.06. The quantitative estimate of drug-likeness (QED) is 0.435. The van der Waals surface area contributed by atoms with Crippen LogP contribution < -0.4 is 10.4 Å². The third-order valence-electron chi connectivity index (χ3n) is 5.80. The number of carbonyl (C=O) groups is 1. The summed E-state index contributed by atoms with van der Waals surface area (Å²) in [5.41, 5.74) is 0.815. The molecule has 0 unspecified atom stereocenters. The molecule has 4 aromatic rings. The van der Waals surface area contributed by atoms with Gasteiger partial charge in [0.25, 0.3) is 10.0 Å². The third kappa shape index (κ3) is 4.23. The Labute approximate surface area is 203 Å². The van der Waals surface area contributed by atoms with E-state index in [1.54, 1.807) is 36.4 Å². The van der Waals surface area contributed by atoms with Crippen molar-refractivity contribution in [2.45, 2.75) is 37.5 Å². The second-order valence-corrected chi connectivity index (χ2v) is 11.0. The number of hydrogen-bond acceptors (Lipinski definition) is 5. The summed E-state index contributed by atoms with van der Waals surface area (Å²) in [5, 5.41) is 9.54. The standard InChI is InChI=1S/C26H26N2O6S/c1-26(2,3)20-9-7-8-17(16-23(29)30)24(20)27-21-10-5-6-11-22(21)28(25(27)31)35(32,33)19-14-12-18(34-4)13-15-19/h5-15H,16H2,1-4H3,(H,29,30). The zero-order valence-electron chi connectivity index (χ0n) is 19.8. The molecule has 1 heterocycles. The fourth-order valence-corrected chi connectivity index (χ4v) is 5.58. The summed E-state index contributed by atoms with van der Waals surface area (Å²) in [6, 6.07) is 17.6. The van der Waals surface area contributed by atoms with Gasteiger partial charge in [0.2, 0.25) is 0 Å². The SMILES string of the molecule is COc1ccc(S(=O)(=O)n2c(=O)n(-c3c(CC(=O)O)cccc3C(C)(C)C)c3ccccc32)cc1. The summed E-state index contributed by atoms with van der Waals surface area (Å²) in [7, 11) is -2.81. The molecule has 0 atom stereocenters. The van der Waals surface area contributed by atoms with Gasteiger partial charge in [-0.05, 0) is 52.9 Å². The molecule has 3 aromatic carbocycles. The van der Waals surface area contributed by atoms with Gasteiger partial charge in [0, 0.05) is 0 Å². The van der Waals surface area contributed by atoms with Gasteiger partial charge >= 0.3 is 11.7 Å². The first kappa shape index (κ1) is 24.3. The lowest BCUT2D eigenvalue weighted by molar-refractivity contribution is -0.136. The lowest BCUT2D eigenvalue weighted by atomic mass is 9.84. The van der Waals surface area contributed by atoms with Crippen LogP contribution in [0.25, 0.3) is 16.7 Å². The van der Waals surface area contributed by atoms with Crippen molar-refractivity contribution in [1.29, 1.82) is 0 Å². The molecule has 8 nitrogen and oxygen atoms in total. The van der Waals surface area contributed by atoms with E-state index in [2.05, 4.69) is 0 Å². The van der Waals surface area contributed by atoms with Crippen molar-refractivity contribution in [1.82, 2.24) is 8.54 Å². The fourth-order valence-electron chi connectivity index (χ4n) is 4.19. The minimum atomic E-state index is -4.28. The summed E-state index contributed by atoms with van der Waals surface area (Å²) >= 11 is 0. The van der Waals surface area contributed by atoms with Crippen molar-refractivity contribution in [2.24, 2.45) is 0 Å². The maximum Gasteiger partial charge on any atom is 0.347 e. The molecular weight excluding hydrogens is 468 g/mol. The van der Waals surface area contributed by atoms with Crippen molar-refractivity contribution in [3.8, 4) is 11.4 Å². The number of benzene rings is 3. The zero-order chi connectivity index (χ0) is 25.5. The Hall–Kier alpha value is -3.85. The molecule has 0 fully saturated rings. The number of nitrogens with zero attached hydrogens (tertiary/aromatic N) is 2. The van der Waals surface area contributed by atoms with Crippen molar-refractivity contribution in [3.63, 3.8) is 0 Å². The number of methoxy groups -OCH3 is 1. The van der Waals surface area contributed by atoms with Crippen LogP contribution in [0.5, 0.6) is 5.75 Å². The van der Waals surface area contributed by atoms with Gasteiger partial charge in [-0.2, -0.15) is 3.97 Å². The Balaban J connectivity index is 2.11. The van der Waals surface area contributed by atoms with E-state index in [9.17, 15) is 23.1 Å². The van der Waals surface area contributed by atoms with Crippen LogP contribution in [0.4, 0.5) is 0 Å². The molecule has 0 spiro atoms. The van der Waals surface area contributed by atoms with Gasteiger partial charge in [0.1, 0.15) is 5.75 Å². The molecule has 35 heavy (non-hydrogen) atoms. The summed E-state index contributed by atoms with van der Waals surface area (Å²) in [5.74, 6) is -0.573. The van der Waals surface area contributed by atoms with Gasteiger partial charge in [-0.15, -0.1) is 0 Å². The zero-order valence-corrected chi connectivity index (χ0v) is 20.7. The number of ether oxygens (including phenoxy) is 1. The smallest absolute Gasteiger partial charge is 0.347 e. The van der Waals surface area contributed by atoms with Crippen molar-refractivity contribution >= 4 is 27.0 Å². The number of fused-ring (bicyclic) bond motifs is 1. The summed E-state index contributed by atoms with van der Waals surface area (Å²) in [6.45, 7) is 5.86. The van der Waals surface area contributed by atoms with E-state index in [1.165, 1.54) is 35.9 Å². The molecule has 0 bridgehead atoms. The molecule has 9 heteroatoms. The van der Waals surface area contributed by atoms with Crippen molar-refractivity contribution < 1.29 is 23.1 Å². The first-order chi connectivity index (χ1) is 16.5. The number of hydrogen-bond donors (Lipinski definition) is 1. The first-order valence-corrected chi connectivity index (χ1v) is 12.4. The monoisotopic (exact) mass is 494 g/mol. The summed E-state index contributed by atoms with van der Waals surface area (Å²) in [6.07, 6.45) is -0.323. The van der Waals surface area contributed by atoms with Crippen LogP contribution in [0.1, 0.15) is 31.9 Å². The second-order valence-electron chi connectivity index (χ2n) is 9.19. The van der Waals surface area contributed by atoms with Gasteiger partial charge in [-0.25, -0.2) is 13.2 Å². The highest BCUT2D eigenvalue weighted by molar-refractivity contribution is 7.90. The number of carboxylic acids is 1. The van der Waals surface area contributed by atoms with Crippen LogP contribution in [-0.2, 0) is 26.7 Å². The second kappa shape index (κ2) is 8.74. The van der Waals surface area contributed by atoms with Gasteiger partial charge in [-0.3, -0.25) is 9.36 Å². The minimum Gasteiger partial charge on any atom is -0.497 e. The molecule has 4 rings (SSSR count). The minimum absolute atomic E-state index is 0.0711. The van der Waals surface area contributed by atoms with Crippen LogP contribution in [0.3, 0.4) is 0 Å². The van der Waals surface area contributed by atoms with Crippen molar-refractivity contribution in [2.75, 3.05) is 7.11 Å². The number of aromatic nitrogens is 2. The largest absolute Gasteiger partial charge is 0.497 e. The number of carboxylic acid groups (broad SMARTS) is 1. The van der Waals surface area contributed by atoms with E-state index in [4.69, 9.17) is 4.74 Å². The van der Waals surface area contributed by atoms with E-state index in [0.29, 0.717) is 22.5 Å². The molecule has 0 radical (unpaired) electrons. The Morgan fingerprint density at radius 2 is 1.57 bits per heavy atom. The Bertz CT molecular complexity index is 1590. The molecule has 0 aliphatic rings. The highest BCUT2D eigenvalue weighted by Crippen LogP contribution is 2.33. The predicted molar refractivity (Wildman–Crippen MR) is 133 cm³/mol. The molecule has 0 saturated heterocycles. The summed E-state index contributed by atoms with van der Waals surface area (Å²) in [4.78, 5) is 25.5. The maximum atomic E-state index is 13.9. The van der Waals surface area contributed by atoms with Crippen LogP contribution in [0.15, 0.2) is 76.4 Å². The van der Waals surface area contributed by atoms with E-state index in [0.717, 1.165) is 9.54 Å². The van der Waals surface area contributed by atoms with Gasteiger partial charge in [0.15, 0.2) is 0 Å². The summed E-state index contributed by atoms with van der Waals surface area (Å²) < 4.78 is 34.5. The average Bonchev–Trinajstić information content (AvgIpc) is 3.10. The normalized spacial score (nSPS) is 12.1. The molecule has 0 saturated carbocycles. The van der Waals surface area contributed by atoms with E-state index < -0.39 is 27.1 Å². The molecule has 0 amide bonds. The molecule has 1 aromatic heterocycles. The highest BCUT2D eigenvalue weighted by Gasteiger charge is 2.30. The number of imidazole rings is 1. The topological polar surface area (TPSA) is 108 Å². The van der Waals surface area contributed by atoms with E-state index in [-0.39, 0.29) is 16.8 Å². The molecule has 0 aliphatic heterocycles. The average molecular weight is 495 g/mol. The molecule has 182 valence electrons. The first-order valence-electron chi connectivity index (χ1n) is 10.9. The number of aliphatic carboxylic acids is 1. The Morgan fingerprint density at radius 3 is 2.14 bits per heavy atom. The van der Waals surface area contributed by atoms with Gasteiger partial charge in [0.05, 0.1) is 35.1 Å². The molecule has 1 N–H and O–H groups in total. The lowest BCUT2D eigenvalue weighted by Crippen LogP contribution is -2.31. The highest BCUT2D eigenvalue weighted by atomic mass is 32.2. The van der Waals surface area contributed by atoms with E-state index >= 15 is 0 Å². The lowest BCUT2D eigenvalue weighted by Gasteiger charge is -2.25. The van der Waals surface area contributed by atoms with E-state index in [1.807, 2.05) is 26.8 Å². The molecular formula is C26H26N2O6S. The predicted octanol–water partition coefficient (Wildman–Crippen LogP) is 3.96. The molecule has 0 aliphatic carbocycles. The maximum absolute atomic E-state index is 13.9. The van der Waals surface area contributed by atoms with Crippen LogP contribution in [0.2, 0.25) is 0 Å². The van der Waals surface area contributed by atoms with Gasteiger partial charge in [-0.1, -0.05) is 51.1 Å². The van der Waals surface area contributed by atoms with Crippen molar-refractivity contribution in [3.05, 3.63) is 88.3 Å². The fraction of sp³-hybridized carbons (Fsp3) is 0.231. The van der Waals surface area contributed by atoms with Crippen LogP contribution >= 0.6 is 0 Å². The number of rotatable bonds is 6. The van der Waals surface area contributed by atoms with Crippen LogP contribution in [0, 0.1) is 0 Å².